The van der Waals surface area contributed by atoms with Crippen LogP contribution in [0.1, 0.15) is 174 Å². The summed E-state index contributed by atoms with van der Waals surface area (Å²) >= 11 is 0. The average Bonchev–Trinajstić information content (AvgIpc) is 0.782. The molecule has 0 aliphatic rings. The van der Waals surface area contributed by atoms with Crippen molar-refractivity contribution in [2.24, 2.45) is 57.8 Å². The maximum Gasteiger partial charge on any atom is 0.212 e. The van der Waals surface area contributed by atoms with Crippen LogP contribution in [0.2, 0.25) is 0 Å². The molecule has 0 aliphatic heterocycles. The molecule has 8 aromatic rings. The van der Waals surface area contributed by atoms with Gasteiger partial charge >= 0.3 is 0 Å². The predicted molar refractivity (Wildman–Crippen MR) is 365 cm³/mol. The van der Waals surface area contributed by atoms with Crippen LogP contribution in [0.5, 0.6) is 0 Å². The summed E-state index contributed by atoms with van der Waals surface area (Å²) in [7, 11) is 8.17. The minimum absolute atomic E-state index is 0. The fourth-order valence-electron chi connectivity index (χ4n) is 10.2. The maximum absolute atomic E-state index is 8.66. The number of hydrogen-bond donors (Lipinski definition) is 0. The molecule has 0 saturated carbocycles. The molecule has 0 saturated heterocycles. The van der Waals surface area contributed by atoms with Gasteiger partial charge in [0.1, 0.15) is 28.2 Å². The maximum atomic E-state index is 8.66. The van der Waals surface area contributed by atoms with Gasteiger partial charge in [0.25, 0.3) is 0 Å². The van der Waals surface area contributed by atoms with Crippen molar-refractivity contribution in [3.05, 3.63) is 213 Å². The highest BCUT2D eigenvalue weighted by Crippen LogP contribution is 2.27. The standard InChI is InChI=1S/C21H30N.3C18H24N.4CH4/c1-15(2)11-18-13-21(20-10-8-7-9-17(20)5)22(6)14-19(18)12-16(3)4;1-13(2)10-16-7-9-18(19(5)12-16)17-8-6-14(3)11-15(17)4;2*1-13(2)10-16-12-19(5)18(11-15(16)4)17-9-7-6-8-14(17)3;;;;/h7-10,13-16H,11-12H2,1-6H3;3*6-9,11-13H,10H2,1-5H3;4*1H4/q4*+1;;;;/i11D2,12D2;;10D2;;;;;. The van der Waals surface area contributed by atoms with E-state index in [1.807, 2.05) is 127 Å². The lowest BCUT2D eigenvalue weighted by atomic mass is 9.92. The third-order valence-electron chi connectivity index (χ3n) is 14.1. The molecule has 4 heterocycles. The second-order valence-corrected chi connectivity index (χ2v) is 23.8. The Balaban J connectivity index is 0.000000589. The van der Waals surface area contributed by atoms with Gasteiger partial charge in [-0.25, -0.2) is 18.3 Å². The van der Waals surface area contributed by atoms with Crippen LogP contribution in [0, 0.1) is 78.1 Å². The minimum atomic E-state index is -1.62. The predicted octanol–water partition coefficient (Wildman–Crippen LogP) is 19.4. The van der Waals surface area contributed by atoms with Crippen molar-refractivity contribution in [1.29, 1.82) is 0 Å². The number of aromatic nitrogens is 4. The number of hydrogen-bond acceptors (Lipinski definition) is 0. The summed E-state index contributed by atoms with van der Waals surface area (Å²) in [4.78, 5) is 0. The van der Waals surface area contributed by atoms with Crippen LogP contribution in [-0.2, 0) is 60.2 Å². The fraction of sp³-hybridized carbons (Fsp3) is 0.443. The number of rotatable bonds is 14. The van der Waals surface area contributed by atoms with Gasteiger partial charge in [0.15, 0.2) is 24.8 Å². The normalized spacial score (nSPS) is 12.2. The molecule has 0 spiro atoms. The van der Waals surface area contributed by atoms with Crippen molar-refractivity contribution < 1.29 is 26.5 Å². The minimum Gasteiger partial charge on any atom is -0.201 e. The van der Waals surface area contributed by atoms with Crippen molar-refractivity contribution in [3.63, 3.8) is 0 Å². The molecule has 0 N–H and O–H groups in total. The molecule has 0 amide bonds. The summed E-state index contributed by atoms with van der Waals surface area (Å²) in [6.07, 6.45) is 6.00. The first kappa shape index (κ1) is 64.0. The zero-order valence-corrected chi connectivity index (χ0v) is 52.4. The van der Waals surface area contributed by atoms with Crippen LogP contribution in [-0.4, -0.2) is 0 Å². The van der Waals surface area contributed by atoms with E-state index >= 15 is 0 Å². The smallest absolute Gasteiger partial charge is 0.201 e. The largest absolute Gasteiger partial charge is 0.212 e. The molecule has 0 unspecified atom stereocenters. The van der Waals surface area contributed by atoms with Gasteiger partial charge in [-0.1, -0.05) is 171 Å². The quantitative estimate of drug-likeness (QED) is 0.0965. The van der Waals surface area contributed by atoms with Gasteiger partial charge in [-0.15, -0.1) is 0 Å². The molecule has 450 valence electrons. The second kappa shape index (κ2) is 34.9. The van der Waals surface area contributed by atoms with Crippen molar-refractivity contribution >= 4 is 0 Å². The lowest BCUT2D eigenvalue weighted by Crippen LogP contribution is -2.32. The molecule has 0 atom stereocenters. The van der Waals surface area contributed by atoms with Crippen LogP contribution < -0.4 is 18.3 Å². The van der Waals surface area contributed by atoms with Gasteiger partial charge in [-0.2, -0.15) is 0 Å². The average molecular weight is 1130 g/mol. The Bertz CT molecular complexity index is 3550. The molecular formula is C79H118N4+4. The third-order valence-corrected chi connectivity index (χ3v) is 14.1. The van der Waals surface area contributed by atoms with E-state index < -0.39 is 19.1 Å². The van der Waals surface area contributed by atoms with E-state index in [1.165, 1.54) is 67.0 Å². The van der Waals surface area contributed by atoms with Crippen LogP contribution >= 0.6 is 0 Å². The second-order valence-electron chi connectivity index (χ2n) is 23.8. The lowest BCUT2D eigenvalue weighted by Gasteiger charge is -2.14. The highest BCUT2D eigenvalue weighted by molar-refractivity contribution is 5.64. The Morgan fingerprint density at radius 1 is 0.313 bits per heavy atom. The lowest BCUT2D eigenvalue weighted by molar-refractivity contribution is -0.661. The fourth-order valence-corrected chi connectivity index (χ4v) is 10.2. The van der Waals surface area contributed by atoms with Crippen LogP contribution in [0.15, 0.2) is 146 Å². The number of pyridine rings is 4. The van der Waals surface area contributed by atoms with E-state index in [2.05, 4.69) is 177 Å². The van der Waals surface area contributed by atoms with Gasteiger partial charge in [0.2, 0.25) is 22.8 Å². The zero-order chi connectivity index (χ0) is 63.6. The first-order valence-corrected chi connectivity index (χ1v) is 28.9. The van der Waals surface area contributed by atoms with Crippen LogP contribution in [0.25, 0.3) is 45.0 Å². The highest BCUT2D eigenvalue weighted by atomic mass is 14.9. The SMILES string of the molecule is C.C.C.C.Cc1cc(-c2ccccc2C)[n+](C)cc1CC(C)C.Cc1ccc(-c2ccc(CC(C)C)c[n+]2C)c(C)c1.[2H]C([2H])(c1c[n+](C)c(-c2ccccc2C)cc1C)C(C)C.[2H]C([2H])(c1cc(-c2ccccc2C)[n+](C)cc1C([2H])([2H])C(C)C)C(C)C. The van der Waals surface area contributed by atoms with Gasteiger partial charge in [-0.3, -0.25) is 0 Å². The number of aryl methyl sites for hydroxylation is 11. The molecule has 4 aromatic heterocycles. The van der Waals surface area contributed by atoms with Crippen molar-refractivity contribution in [1.82, 2.24) is 0 Å². The molecule has 4 aromatic carbocycles. The summed E-state index contributed by atoms with van der Waals surface area (Å²) in [5, 5.41) is 0. The van der Waals surface area contributed by atoms with Gasteiger partial charge in [-0.05, 0) is 179 Å². The molecule has 0 aliphatic carbocycles. The molecule has 0 fully saturated rings. The zero-order valence-electron chi connectivity index (χ0n) is 58.4. The molecule has 83 heavy (non-hydrogen) atoms. The first-order chi connectivity index (χ1) is 39.6. The number of nitrogens with zero attached hydrogens (tertiary/aromatic N) is 4. The van der Waals surface area contributed by atoms with Crippen LogP contribution in [0.3, 0.4) is 0 Å². The van der Waals surface area contributed by atoms with E-state index in [0.717, 1.165) is 46.5 Å². The Kier molecular flexibility index (Phi) is 27.0. The first-order valence-electron chi connectivity index (χ1n) is 31.9. The Morgan fingerprint density at radius 2 is 0.675 bits per heavy atom. The van der Waals surface area contributed by atoms with E-state index in [1.54, 1.807) is 6.20 Å². The third kappa shape index (κ3) is 21.9. The highest BCUT2D eigenvalue weighted by Gasteiger charge is 2.21. The summed E-state index contributed by atoms with van der Waals surface area (Å²) in [6.45, 7) is 35.1. The monoisotopic (exact) mass is 1130 g/mol. The summed E-state index contributed by atoms with van der Waals surface area (Å²) in [6, 6.07) is 42.3. The van der Waals surface area contributed by atoms with Crippen molar-refractivity contribution in [3.8, 4) is 45.0 Å². The molecule has 0 bridgehead atoms. The molecular weight excluding hydrogens is 1000 g/mol. The summed E-state index contributed by atoms with van der Waals surface area (Å²) < 4.78 is 59.6. The van der Waals surface area contributed by atoms with Gasteiger partial charge in [0, 0.05) is 77.0 Å². The van der Waals surface area contributed by atoms with E-state index in [4.69, 9.17) is 8.22 Å². The van der Waals surface area contributed by atoms with Crippen LogP contribution in [0.4, 0.5) is 0 Å². The molecule has 0 radical (unpaired) electrons. The van der Waals surface area contributed by atoms with E-state index in [9.17, 15) is 0 Å². The summed E-state index contributed by atoms with van der Waals surface area (Å²) in [5.74, 6) is 0.825. The van der Waals surface area contributed by atoms with E-state index in [0.29, 0.717) is 23.0 Å². The molecule has 4 heteroatoms. The molecule has 8 rings (SSSR count). The number of benzene rings is 4. The van der Waals surface area contributed by atoms with Crippen molar-refractivity contribution in [2.75, 3.05) is 0 Å². The summed E-state index contributed by atoms with van der Waals surface area (Å²) in [5.41, 5.74) is 22.7. The van der Waals surface area contributed by atoms with Gasteiger partial charge < -0.3 is 0 Å². The van der Waals surface area contributed by atoms with Crippen molar-refractivity contribution in [2.45, 2.75) is 179 Å². The van der Waals surface area contributed by atoms with Gasteiger partial charge in [0.05, 0.1) is 0 Å². The Morgan fingerprint density at radius 3 is 1.08 bits per heavy atom. The Hall–Kier alpha value is -6.52. The Labute approximate surface area is 519 Å². The van der Waals surface area contributed by atoms with E-state index in [-0.39, 0.29) is 47.5 Å². The molecule has 4 nitrogen and oxygen atoms in total. The topological polar surface area (TPSA) is 15.5 Å².